The Labute approximate surface area is 114 Å². The van der Waals surface area contributed by atoms with Crippen LogP contribution in [0.25, 0.3) is 0 Å². The van der Waals surface area contributed by atoms with E-state index >= 15 is 0 Å². The molecule has 0 heterocycles. The zero-order valence-electron chi connectivity index (χ0n) is 12.3. The van der Waals surface area contributed by atoms with E-state index in [4.69, 9.17) is 14.2 Å². The summed E-state index contributed by atoms with van der Waals surface area (Å²) < 4.78 is 14.8. The lowest BCUT2D eigenvalue weighted by Gasteiger charge is -2.28. The molecule has 1 unspecified atom stereocenters. The molecule has 112 valence electrons. The molecule has 0 bridgehead atoms. The highest BCUT2D eigenvalue weighted by atomic mass is 16.6. The molecular weight excluding hydrogens is 252 g/mol. The Morgan fingerprint density at radius 2 is 1.53 bits per heavy atom. The lowest BCUT2D eigenvalue weighted by atomic mass is 9.91. The number of methoxy groups -OCH3 is 1. The molecule has 0 fully saturated rings. The van der Waals surface area contributed by atoms with Gasteiger partial charge in [0.2, 0.25) is 0 Å². The van der Waals surface area contributed by atoms with Crippen molar-refractivity contribution >= 4 is 11.9 Å². The molecule has 0 aromatic rings. The first-order valence-electron chi connectivity index (χ1n) is 6.35. The fraction of sp³-hybridized carbons (Fsp3) is 0.846. The molecule has 0 spiro atoms. The van der Waals surface area contributed by atoms with Gasteiger partial charge in [-0.1, -0.05) is 0 Å². The number of ether oxygens (including phenoxy) is 3. The van der Waals surface area contributed by atoms with E-state index in [0.29, 0.717) is 0 Å². The number of hydrogen-bond donors (Lipinski definition) is 1. The summed E-state index contributed by atoms with van der Waals surface area (Å²) in [6, 6.07) is 0. The summed E-state index contributed by atoms with van der Waals surface area (Å²) in [5.41, 5.74) is -0.656. The molecule has 0 aromatic heterocycles. The summed E-state index contributed by atoms with van der Waals surface area (Å²) in [6.45, 7) is 7.04. The Morgan fingerprint density at radius 3 is 1.84 bits per heavy atom. The number of esters is 2. The van der Waals surface area contributed by atoms with Crippen LogP contribution in [0.3, 0.4) is 0 Å². The van der Waals surface area contributed by atoms with Crippen LogP contribution in [0.15, 0.2) is 0 Å². The average molecular weight is 276 g/mol. The van der Waals surface area contributed by atoms with Gasteiger partial charge in [-0.05, 0) is 27.7 Å². The molecule has 0 aliphatic carbocycles. The van der Waals surface area contributed by atoms with Crippen molar-refractivity contribution in [2.75, 3.05) is 20.3 Å². The summed E-state index contributed by atoms with van der Waals surface area (Å²) >= 11 is 0. The maximum Gasteiger partial charge on any atom is 0.323 e. The topological polar surface area (TPSA) is 82.1 Å². The molecule has 6 heteroatoms. The van der Waals surface area contributed by atoms with Crippen molar-refractivity contribution in [1.82, 2.24) is 0 Å². The van der Waals surface area contributed by atoms with Crippen molar-refractivity contribution in [2.24, 2.45) is 5.92 Å². The lowest BCUT2D eigenvalue weighted by molar-refractivity contribution is -0.168. The highest BCUT2D eigenvalue weighted by molar-refractivity contribution is 5.95. The van der Waals surface area contributed by atoms with E-state index in [1.54, 1.807) is 27.7 Å². The SMILES string of the molecule is CCOC(=O)C(C(=O)OCC)C(O)CC(C)(C)OC. The molecule has 0 rings (SSSR count). The van der Waals surface area contributed by atoms with Crippen LogP contribution in [0.4, 0.5) is 0 Å². The first-order chi connectivity index (χ1) is 8.79. The summed E-state index contributed by atoms with van der Waals surface area (Å²) in [6.07, 6.45) is -1.10. The molecule has 0 aliphatic rings. The second kappa shape index (κ2) is 8.12. The van der Waals surface area contributed by atoms with Gasteiger partial charge in [-0.2, -0.15) is 0 Å². The number of carbonyl (C=O) groups excluding carboxylic acids is 2. The van der Waals surface area contributed by atoms with Gasteiger partial charge in [-0.3, -0.25) is 9.59 Å². The molecule has 6 nitrogen and oxygen atoms in total. The minimum absolute atomic E-state index is 0.117. The minimum atomic E-state index is -1.34. The van der Waals surface area contributed by atoms with Crippen molar-refractivity contribution in [3.63, 3.8) is 0 Å². The smallest absolute Gasteiger partial charge is 0.323 e. The van der Waals surface area contributed by atoms with Crippen LogP contribution in [0.1, 0.15) is 34.1 Å². The fourth-order valence-electron chi connectivity index (χ4n) is 1.58. The van der Waals surface area contributed by atoms with Crippen LogP contribution in [-0.2, 0) is 23.8 Å². The minimum Gasteiger partial charge on any atom is -0.465 e. The van der Waals surface area contributed by atoms with Gasteiger partial charge >= 0.3 is 11.9 Å². The van der Waals surface area contributed by atoms with E-state index in [1.165, 1.54) is 7.11 Å². The molecule has 0 saturated carbocycles. The Balaban J connectivity index is 4.91. The third kappa shape index (κ3) is 6.02. The molecular formula is C13H24O6. The average Bonchev–Trinajstić information content (AvgIpc) is 2.29. The molecule has 0 aliphatic heterocycles. The van der Waals surface area contributed by atoms with Crippen molar-refractivity contribution < 1.29 is 28.9 Å². The van der Waals surface area contributed by atoms with E-state index < -0.39 is 29.6 Å². The lowest BCUT2D eigenvalue weighted by Crippen LogP contribution is -2.42. The van der Waals surface area contributed by atoms with E-state index in [-0.39, 0.29) is 19.6 Å². The summed E-state index contributed by atoms with van der Waals surface area (Å²) in [7, 11) is 1.50. The van der Waals surface area contributed by atoms with Crippen LogP contribution in [0, 0.1) is 5.92 Å². The molecule has 0 saturated heterocycles. The van der Waals surface area contributed by atoms with Gasteiger partial charge in [0, 0.05) is 13.5 Å². The number of hydrogen-bond acceptors (Lipinski definition) is 6. The van der Waals surface area contributed by atoms with Crippen molar-refractivity contribution in [2.45, 2.75) is 45.8 Å². The zero-order valence-corrected chi connectivity index (χ0v) is 12.3. The van der Waals surface area contributed by atoms with Gasteiger partial charge in [0.1, 0.15) is 0 Å². The van der Waals surface area contributed by atoms with Crippen molar-refractivity contribution in [3.05, 3.63) is 0 Å². The van der Waals surface area contributed by atoms with Gasteiger partial charge < -0.3 is 19.3 Å². The molecule has 0 amide bonds. The van der Waals surface area contributed by atoms with Crippen LogP contribution in [-0.4, -0.2) is 49.1 Å². The summed E-state index contributed by atoms with van der Waals surface area (Å²) in [5.74, 6) is -2.89. The highest BCUT2D eigenvalue weighted by Crippen LogP contribution is 2.22. The maximum absolute atomic E-state index is 11.8. The fourth-order valence-corrected chi connectivity index (χ4v) is 1.58. The van der Waals surface area contributed by atoms with Crippen molar-refractivity contribution in [1.29, 1.82) is 0 Å². The molecule has 19 heavy (non-hydrogen) atoms. The molecule has 1 N–H and O–H groups in total. The van der Waals surface area contributed by atoms with Crippen molar-refractivity contribution in [3.8, 4) is 0 Å². The summed E-state index contributed by atoms with van der Waals surface area (Å²) in [4.78, 5) is 23.5. The normalized spacial score (nSPS) is 13.2. The number of aliphatic hydroxyl groups is 1. The second-order valence-corrected chi connectivity index (χ2v) is 4.72. The first kappa shape index (κ1) is 17.9. The van der Waals surface area contributed by atoms with Gasteiger partial charge in [-0.25, -0.2) is 0 Å². The van der Waals surface area contributed by atoms with Gasteiger partial charge in [-0.15, -0.1) is 0 Å². The Hall–Kier alpha value is -1.14. The Bertz CT molecular complexity index is 282. The Kier molecular flexibility index (Phi) is 7.63. The standard InChI is InChI=1S/C13H24O6/c1-6-18-11(15)10(12(16)19-7-2)9(14)8-13(3,4)17-5/h9-10,14H,6-8H2,1-5H3. The van der Waals surface area contributed by atoms with Crippen LogP contribution in [0.2, 0.25) is 0 Å². The predicted molar refractivity (Wildman–Crippen MR) is 68.5 cm³/mol. The van der Waals surface area contributed by atoms with E-state index in [2.05, 4.69) is 0 Å². The maximum atomic E-state index is 11.8. The van der Waals surface area contributed by atoms with E-state index in [1.807, 2.05) is 0 Å². The summed E-state index contributed by atoms with van der Waals surface area (Å²) in [5, 5.41) is 10.1. The number of rotatable bonds is 8. The van der Waals surface area contributed by atoms with Gasteiger partial charge in [0.25, 0.3) is 0 Å². The number of carbonyl (C=O) groups is 2. The number of aliphatic hydroxyl groups excluding tert-OH is 1. The molecule has 0 radical (unpaired) electrons. The zero-order chi connectivity index (χ0) is 15.1. The second-order valence-electron chi connectivity index (χ2n) is 4.72. The van der Waals surface area contributed by atoms with Gasteiger partial charge in [0.05, 0.1) is 24.9 Å². The highest BCUT2D eigenvalue weighted by Gasteiger charge is 2.39. The quantitative estimate of drug-likeness (QED) is 0.524. The van der Waals surface area contributed by atoms with E-state index in [9.17, 15) is 14.7 Å². The van der Waals surface area contributed by atoms with Crippen LogP contribution in [0.5, 0.6) is 0 Å². The first-order valence-corrected chi connectivity index (χ1v) is 6.35. The van der Waals surface area contributed by atoms with Gasteiger partial charge in [0.15, 0.2) is 5.92 Å². The van der Waals surface area contributed by atoms with Crippen LogP contribution < -0.4 is 0 Å². The Morgan fingerprint density at radius 1 is 1.11 bits per heavy atom. The molecule has 1 atom stereocenters. The monoisotopic (exact) mass is 276 g/mol. The third-order valence-corrected chi connectivity index (χ3v) is 2.72. The van der Waals surface area contributed by atoms with E-state index in [0.717, 1.165) is 0 Å². The largest absolute Gasteiger partial charge is 0.465 e. The third-order valence-electron chi connectivity index (χ3n) is 2.72. The predicted octanol–water partition coefficient (Wildman–Crippen LogP) is 0.905. The van der Waals surface area contributed by atoms with Crippen LogP contribution >= 0.6 is 0 Å². The molecule has 0 aromatic carbocycles.